The standard InChI is InChI=1S/C21H23N3O2S/c1-3-15(18(22)25)24-19(13-7-5-4-6-8-13)23-20-17(21(24)26)14-10-9-12(2)11-16(14)27-20/h4-8,12,15H,3,9-11H2,1-2H3,(H2,22,25). The Labute approximate surface area is 161 Å². The Bertz CT molecular complexity index is 1070. The summed E-state index contributed by atoms with van der Waals surface area (Å²) in [4.78, 5) is 32.6. The molecule has 1 aromatic carbocycles. The Hall–Kier alpha value is -2.47. The van der Waals surface area contributed by atoms with Gasteiger partial charge in [0.05, 0.1) is 5.39 Å². The summed E-state index contributed by atoms with van der Waals surface area (Å²) in [5.41, 5.74) is 7.44. The molecule has 1 aliphatic carbocycles. The highest BCUT2D eigenvalue weighted by atomic mass is 32.1. The molecule has 2 heterocycles. The van der Waals surface area contributed by atoms with Crippen LogP contribution in [-0.2, 0) is 17.6 Å². The first-order valence-corrected chi connectivity index (χ1v) is 10.2. The van der Waals surface area contributed by atoms with E-state index >= 15 is 0 Å². The largest absolute Gasteiger partial charge is 0.368 e. The maximum absolute atomic E-state index is 13.6. The molecule has 2 unspecified atom stereocenters. The van der Waals surface area contributed by atoms with Crippen LogP contribution >= 0.6 is 11.3 Å². The first-order valence-electron chi connectivity index (χ1n) is 9.42. The fourth-order valence-corrected chi connectivity index (χ4v) is 5.37. The van der Waals surface area contributed by atoms with Crippen LogP contribution < -0.4 is 11.3 Å². The van der Waals surface area contributed by atoms with E-state index in [0.29, 0.717) is 23.5 Å². The molecule has 0 fully saturated rings. The molecule has 2 aromatic heterocycles. The van der Waals surface area contributed by atoms with Gasteiger partial charge >= 0.3 is 0 Å². The van der Waals surface area contributed by atoms with E-state index < -0.39 is 11.9 Å². The van der Waals surface area contributed by atoms with Crippen molar-refractivity contribution in [3.63, 3.8) is 0 Å². The number of carbonyl (C=O) groups excluding carboxylic acids is 1. The van der Waals surface area contributed by atoms with E-state index in [1.165, 1.54) is 9.44 Å². The van der Waals surface area contributed by atoms with E-state index in [9.17, 15) is 9.59 Å². The second-order valence-corrected chi connectivity index (χ2v) is 8.42. The summed E-state index contributed by atoms with van der Waals surface area (Å²) in [5.74, 6) is 0.636. The van der Waals surface area contributed by atoms with Gasteiger partial charge in [-0.25, -0.2) is 4.98 Å². The molecule has 0 saturated carbocycles. The van der Waals surface area contributed by atoms with Gasteiger partial charge in [0, 0.05) is 10.4 Å². The maximum atomic E-state index is 13.6. The quantitative estimate of drug-likeness (QED) is 0.749. The molecule has 140 valence electrons. The third-order valence-electron chi connectivity index (χ3n) is 5.42. The van der Waals surface area contributed by atoms with Crippen molar-refractivity contribution in [2.24, 2.45) is 11.7 Å². The van der Waals surface area contributed by atoms with Gasteiger partial charge in [0.15, 0.2) is 0 Å². The summed E-state index contributed by atoms with van der Waals surface area (Å²) >= 11 is 1.62. The lowest BCUT2D eigenvalue weighted by Crippen LogP contribution is -2.35. The number of hydrogen-bond acceptors (Lipinski definition) is 4. The molecule has 1 amide bonds. The fraction of sp³-hybridized carbons (Fsp3) is 0.381. The third kappa shape index (κ3) is 2.98. The van der Waals surface area contributed by atoms with Gasteiger partial charge in [-0.05, 0) is 37.2 Å². The summed E-state index contributed by atoms with van der Waals surface area (Å²) < 4.78 is 1.52. The van der Waals surface area contributed by atoms with Crippen molar-refractivity contribution in [1.82, 2.24) is 9.55 Å². The summed E-state index contributed by atoms with van der Waals surface area (Å²) in [7, 11) is 0. The molecule has 6 heteroatoms. The summed E-state index contributed by atoms with van der Waals surface area (Å²) in [6.45, 7) is 4.11. The molecule has 5 nitrogen and oxygen atoms in total. The van der Waals surface area contributed by atoms with E-state index in [1.54, 1.807) is 11.3 Å². The molecule has 0 spiro atoms. The van der Waals surface area contributed by atoms with E-state index in [4.69, 9.17) is 10.7 Å². The number of nitrogens with zero attached hydrogens (tertiary/aromatic N) is 2. The molecule has 4 rings (SSSR count). The summed E-state index contributed by atoms with van der Waals surface area (Å²) in [6.07, 6.45) is 3.41. The number of carbonyl (C=O) groups is 1. The second-order valence-electron chi connectivity index (χ2n) is 7.33. The second kappa shape index (κ2) is 6.93. The van der Waals surface area contributed by atoms with Crippen LogP contribution in [0.25, 0.3) is 21.6 Å². The Morgan fingerprint density at radius 3 is 2.78 bits per heavy atom. The molecular formula is C21H23N3O2S. The van der Waals surface area contributed by atoms with Crippen molar-refractivity contribution in [2.45, 2.75) is 45.6 Å². The Morgan fingerprint density at radius 2 is 2.11 bits per heavy atom. The van der Waals surface area contributed by atoms with Crippen molar-refractivity contribution in [2.75, 3.05) is 0 Å². The SMILES string of the molecule is CCC(C(N)=O)n1c(-c2ccccc2)nc2sc3c(c2c1=O)CCC(C)C3. The van der Waals surface area contributed by atoms with Gasteiger partial charge in [-0.15, -0.1) is 11.3 Å². The van der Waals surface area contributed by atoms with Crippen molar-refractivity contribution in [1.29, 1.82) is 0 Å². The topological polar surface area (TPSA) is 78.0 Å². The zero-order valence-corrected chi connectivity index (χ0v) is 16.4. The molecule has 2 N–H and O–H groups in total. The average molecular weight is 382 g/mol. The van der Waals surface area contributed by atoms with Gasteiger partial charge < -0.3 is 5.73 Å². The monoisotopic (exact) mass is 381 g/mol. The third-order valence-corrected chi connectivity index (χ3v) is 6.57. The van der Waals surface area contributed by atoms with Gasteiger partial charge in [0.1, 0.15) is 16.7 Å². The fourth-order valence-electron chi connectivity index (χ4n) is 3.99. The molecule has 1 aliphatic rings. The number of aromatic nitrogens is 2. The van der Waals surface area contributed by atoms with Gasteiger partial charge in [0.25, 0.3) is 5.56 Å². The number of fused-ring (bicyclic) bond motifs is 3. The number of thiophene rings is 1. The zero-order chi connectivity index (χ0) is 19.1. The lowest BCUT2D eigenvalue weighted by Gasteiger charge is -2.20. The van der Waals surface area contributed by atoms with Crippen LogP contribution in [0.1, 0.15) is 43.2 Å². The average Bonchev–Trinajstić information content (AvgIpc) is 3.02. The van der Waals surface area contributed by atoms with E-state index in [-0.39, 0.29) is 5.56 Å². The van der Waals surface area contributed by atoms with Crippen LogP contribution in [0.4, 0.5) is 0 Å². The highest BCUT2D eigenvalue weighted by molar-refractivity contribution is 7.18. The van der Waals surface area contributed by atoms with E-state index in [0.717, 1.165) is 35.2 Å². The Morgan fingerprint density at radius 1 is 1.37 bits per heavy atom. The minimum Gasteiger partial charge on any atom is -0.368 e. The van der Waals surface area contributed by atoms with Crippen LogP contribution in [0.15, 0.2) is 35.1 Å². The number of primary amides is 1. The molecular weight excluding hydrogens is 358 g/mol. The van der Waals surface area contributed by atoms with Crippen molar-refractivity contribution < 1.29 is 4.79 Å². The summed E-state index contributed by atoms with van der Waals surface area (Å²) in [6, 6.07) is 8.84. The Balaban J connectivity index is 2.06. The molecule has 2 atom stereocenters. The normalized spacial score (nSPS) is 17.6. The van der Waals surface area contributed by atoms with E-state index in [1.807, 2.05) is 37.3 Å². The van der Waals surface area contributed by atoms with Crippen molar-refractivity contribution >= 4 is 27.5 Å². The number of rotatable bonds is 4. The predicted octanol–water partition coefficient (Wildman–Crippen LogP) is 3.69. The predicted molar refractivity (Wildman–Crippen MR) is 109 cm³/mol. The highest BCUT2D eigenvalue weighted by Crippen LogP contribution is 2.37. The van der Waals surface area contributed by atoms with Crippen LogP contribution in [0.2, 0.25) is 0 Å². The van der Waals surface area contributed by atoms with Gasteiger partial charge in [-0.1, -0.05) is 44.2 Å². The lowest BCUT2D eigenvalue weighted by atomic mass is 9.89. The number of amides is 1. The minimum absolute atomic E-state index is 0.142. The number of aryl methyl sites for hydroxylation is 1. The number of benzene rings is 1. The van der Waals surface area contributed by atoms with E-state index in [2.05, 4.69) is 6.92 Å². The lowest BCUT2D eigenvalue weighted by molar-refractivity contribution is -0.121. The zero-order valence-electron chi connectivity index (χ0n) is 15.6. The van der Waals surface area contributed by atoms with Gasteiger partial charge in [-0.2, -0.15) is 0 Å². The Kier molecular flexibility index (Phi) is 4.60. The molecule has 3 aromatic rings. The molecule has 27 heavy (non-hydrogen) atoms. The molecule has 0 saturated heterocycles. The maximum Gasteiger partial charge on any atom is 0.263 e. The number of nitrogens with two attached hydrogens (primary N) is 1. The van der Waals surface area contributed by atoms with Gasteiger partial charge in [0.2, 0.25) is 5.91 Å². The smallest absolute Gasteiger partial charge is 0.263 e. The minimum atomic E-state index is -0.706. The van der Waals surface area contributed by atoms with Crippen LogP contribution in [-0.4, -0.2) is 15.5 Å². The van der Waals surface area contributed by atoms with Crippen molar-refractivity contribution in [3.05, 3.63) is 51.1 Å². The van der Waals surface area contributed by atoms with Gasteiger partial charge in [-0.3, -0.25) is 14.2 Å². The number of hydrogen-bond donors (Lipinski definition) is 1. The van der Waals surface area contributed by atoms with Crippen LogP contribution in [0.5, 0.6) is 0 Å². The molecule has 0 bridgehead atoms. The van der Waals surface area contributed by atoms with Crippen LogP contribution in [0, 0.1) is 5.92 Å². The van der Waals surface area contributed by atoms with Crippen LogP contribution in [0.3, 0.4) is 0 Å². The molecule has 0 aliphatic heterocycles. The first kappa shape index (κ1) is 17.9. The highest BCUT2D eigenvalue weighted by Gasteiger charge is 2.28. The molecule has 0 radical (unpaired) electrons. The first-order chi connectivity index (χ1) is 13.0. The summed E-state index contributed by atoms with van der Waals surface area (Å²) in [5, 5.41) is 0.682. The van der Waals surface area contributed by atoms with Crippen molar-refractivity contribution in [3.8, 4) is 11.4 Å².